The molecule has 1 saturated carbocycles. The zero-order valence-corrected chi connectivity index (χ0v) is 7.83. The van der Waals surface area contributed by atoms with Gasteiger partial charge in [0, 0.05) is 5.41 Å². The van der Waals surface area contributed by atoms with E-state index in [9.17, 15) is 10.2 Å². The molecule has 0 aromatic rings. The summed E-state index contributed by atoms with van der Waals surface area (Å²) in [6, 6.07) is 0. The minimum absolute atomic E-state index is 0.175. The van der Waals surface area contributed by atoms with Gasteiger partial charge in [0.05, 0.1) is 0 Å². The minimum Gasteiger partial charge on any atom is -0.386 e. The fourth-order valence-corrected chi connectivity index (χ4v) is 2.62. The fourth-order valence-electron chi connectivity index (χ4n) is 2.62. The highest BCUT2D eigenvalue weighted by Gasteiger charge is 2.67. The number of rotatable bonds is 0. The van der Waals surface area contributed by atoms with Crippen LogP contribution in [0.15, 0.2) is 12.2 Å². The van der Waals surface area contributed by atoms with E-state index in [-0.39, 0.29) is 5.41 Å². The van der Waals surface area contributed by atoms with Gasteiger partial charge in [0.1, 0.15) is 11.2 Å². The molecule has 3 unspecified atom stereocenters. The van der Waals surface area contributed by atoms with Crippen LogP contribution >= 0.6 is 0 Å². The van der Waals surface area contributed by atoms with Crippen LogP contribution in [0.25, 0.3) is 0 Å². The molecule has 0 aromatic heterocycles. The van der Waals surface area contributed by atoms with Gasteiger partial charge in [-0.3, -0.25) is 0 Å². The van der Waals surface area contributed by atoms with E-state index in [4.69, 9.17) is 0 Å². The summed E-state index contributed by atoms with van der Waals surface area (Å²) in [7, 11) is 0. The van der Waals surface area contributed by atoms with E-state index in [1.165, 1.54) is 0 Å². The lowest BCUT2D eigenvalue weighted by Crippen LogP contribution is -2.72. The normalized spacial score (nSPS) is 54.9. The number of hydrogen-bond acceptors (Lipinski definition) is 2. The molecule has 0 saturated heterocycles. The van der Waals surface area contributed by atoms with Crippen molar-refractivity contribution in [3.63, 3.8) is 0 Å². The molecule has 2 nitrogen and oxygen atoms in total. The number of aliphatic hydroxyl groups is 2. The van der Waals surface area contributed by atoms with Crippen LogP contribution in [0.1, 0.15) is 27.2 Å². The van der Waals surface area contributed by atoms with Crippen molar-refractivity contribution in [1.82, 2.24) is 0 Å². The fraction of sp³-hybridized carbons (Fsp3) is 0.800. The molecule has 0 aliphatic heterocycles. The third kappa shape index (κ3) is 0.603. The molecule has 2 bridgehead atoms. The highest BCUT2D eigenvalue weighted by Crippen LogP contribution is 2.62. The maximum atomic E-state index is 10.2. The molecule has 0 heterocycles. The molecular weight excluding hydrogens is 152 g/mol. The largest absolute Gasteiger partial charge is 0.386 e. The van der Waals surface area contributed by atoms with Crippen LogP contribution in [0, 0.1) is 11.3 Å². The van der Waals surface area contributed by atoms with Gasteiger partial charge >= 0.3 is 0 Å². The van der Waals surface area contributed by atoms with E-state index < -0.39 is 11.2 Å². The first-order valence-electron chi connectivity index (χ1n) is 4.45. The van der Waals surface area contributed by atoms with Crippen LogP contribution < -0.4 is 0 Å². The van der Waals surface area contributed by atoms with Crippen LogP contribution in [0.3, 0.4) is 0 Å². The van der Waals surface area contributed by atoms with Gasteiger partial charge in [-0.15, -0.1) is 0 Å². The Kier molecular flexibility index (Phi) is 1.22. The van der Waals surface area contributed by atoms with Gasteiger partial charge < -0.3 is 10.2 Å². The molecule has 0 aromatic carbocycles. The Balaban J connectivity index is 2.49. The molecule has 0 spiro atoms. The quantitative estimate of drug-likeness (QED) is 0.531. The Morgan fingerprint density at radius 2 is 1.83 bits per heavy atom. The van der Waals surface area contributed by atoms with E-state index in [2.05, 4.69) is 0 Å². The monoisotopic (exact) mass is 168 g/mol. The first-order chi connectivity index (χ1) is 5.31. The second-order valence-electron chi connectivity index (χ2n) is 4.90. The van der Waals surface area contributed by atoms with Crippen LogP contribution in [0.2, 0.25) is 0 Å². The molecule has 2 heteroatoms. The van der Waals surface area contributed by atoms with Gasteiger partial charge in [0.25, 0.3) is 0 Å². The SMILES string of the molecule is CC1(O)C=CC2CC1(O)C2(C)C. The van der Waals surface area contributed by atoms with Crippen molar-refractivity contribution < 1.29 is 10.2 Å². The molecular formula is C10H16O2. The van der Waals surface area contributed by atoms with Gasteiger partial charge in [0.15, 0.2) is 0 Å². The molecule has 3 atom stereocenters. The molecule has 1 fully saturated rings. The Bertz CT molecular complexity index is 253. The third-order valence-corrected chi connectivity index (χ3v) is 4.00. The molecule has 3 rings (SSSR count). The van der Waals surface area contributed by atoms with E-state index >= 15 is 0 Å². The summed E-state index contributed by atoms with van der Waals surface area (Å²) >= 11 is 0. The van der Waals surface area contributed by atoms with E-state index in [1.807, 2.05) is 19.9 Å². The number of allylic oxidation sites excluding steroid dienone is 1. The molecule has 68 valence electrons. The van der Waals surface area contributed by atoms with Gasteiger partial charge in [-0.2, -0.15) is 0 Å². The zero-order valence-electron chi connectivity index (χ0n) is 7.83. The van der Waals surface area contributed by atoms with Crippen molar-refractivity contribution >= 4 is 0 Å². The van der Waals surface area contributed by atoms with Crippen molar-refractivity contribution in [1.29, 1.82) is 0 Å². The molecule has 3 aliphatic carbocycles. The van der Waals surface area contributed by atoms with Crippen LogP contribution in [-0.4, -0.2) is 21.4 Å². The van der Waals surface area contributed by atoms with Crippen LogP contribution in [0.5, 0.6) is 0 Å². The Morgan fingerprint density at radius 1 is 1.25 bits per heavy atom. The Hall–Kier alpha value is -0.340. The molecule has 3 aliphatic rings. The standard InChI is InChI=1S/C10H16O2/c1-8(2)7-4-5-9(3,11)10(8,12)6-7/h4-5,7,11-12H,6H2,1-3H3. The summed E-state index contributed by atoms with van der Waals surface area (Å²) in [4.78, 5) is 0. The molecule has 0 radical (unpaired) electrons. The van der Waals surface area contributed by atoms with Crippen molar-refractivity contribution in [2.24, 2.45) is 11.3 Å². The van der Waals surface area contributed by atoms with Gasteiger partial charge in [-0.25, -0.2) is 0 Å². The summed E-state index contributed by atoms with van der Waals surface area (Å²) in [5, 5.41) is 20.1. The first kappa shape index (κ1) is 8.27. The van der Waals surface area contributed by atoms with Crippen molar-refractivity contribution in [3.8, 4) is 0 Å². The predicted molar refractivity (Wildman–Crippen MR) is 46.6 cm³/mol. The summed E-state index contributed by atoms with van der Waals surface area (Å²) in [6.07, 6.45) is 4.45. The van der Waals surface area contributed by atoms with Crippen molar-refractivity contribution in [2.75, 3.05) is 0 Å². The lowest BCUT2D eigenvalue weighted by Gasteiger charge is -2.65. The van der Waals surface area contributed by atoms with E-state index in [1.54, 1.807) is 13.0 Å². The molecule has 2 N–H and O–H groups in total. The summed E-state index contributed by atoms with van der Waals surface area (Å²) < 4.78 is 0. The topological polar surface area (TPSA) is 40.5 Å². The average Bonchev–Trinajstić information content (AvgIpc) is 1.94. The minimum atomic E-state index is -1.05. The van der Waals surface area contributed by atoms with E-state index in [0.717, 1.165) is 0 Å². The summed E-state index contributed by atoms with van der Waals surface area (Å²) in [5.74, 6) is 0.433. The number of hydrogen-bond donors (Lipinski definition) is 2. The van der Waals surface area contributed by atoms with Gasteiger partial charge in [-0.1, -0.05) is 26.0 Å². The van der Waals surface area contributed by atoms with Gasteiger partial charge in [0.2, 0.25) is 0 Å². The van der Waals surface area contributed by atoms with Crippen molar-refractivity contribution in [3.05, 3.63) is 12.2 Å². The zero-order chi connectivity index (χ0) is 9.20. The Labute approximate surface area is 72.9 Å². The molecule has 0 amide bonds. The first-order valence-corrected chi connectivity index (χ1v) is 4.45. The highest BCUT2D eigenvalue weighted by molar-refractivity contribution is 5.31. The average molecular weight is 168 g/mol. The van der Waals surface area contributed by atoms with E-state index in [0.29, 0.717) is 12.3 Å². The molecule has 12 heavy (non-hydrogen) atoms. The predicted octanol–water partition coefficient (Wildman–Crippen LogP) is 1.08. The second-order valence-corrected chi connectivity index (χ2v) is 4.90. The summed E-state index contributed by atoms with van der Waals surface area (Å²) in [5.41, 5.74) is -2.14. The van der Waals surface area contributed by atoms with Crippen molar-refractivity contribution in [2.45, 2.75) is 38.4 Å². The smallest absolute Gasteiger partial charge is 0.109 e. The maximum Gasteiger partial charge on any atom is 0.109 e. The highest BCUT2D eigenvalue weighted by atomic mass is 16.4. The third-order valence-electron chi connectivity index (χ3n) is 4.00. The second kappa shape index (κ2) is 1.78. The summed E-state index contributed by atoms with van der Waals surface area (Å²) in [6.45, 7) is 5.71. The Morgan fingerprint density at radius 3 is 2.17 bits per heavy atom. The van der Waals surface area contributed by atoms with Gasteiger partial charge in [-0.05, 0) is 19.3 Å². The van der Waals surface area contributed by atoms with Crippen LogP contribution in [0.4, 0.5) is 0 Å². The van der Waals surface area contributed by atoms with Crippen LogP contribution in [-0.2, 0) is 0 Å². The lowest BCUT2D eigenvalue weighted by molar-refractivity contribution is -0.265. The number of fused-ring (bicyclic) bond motifs is 1. The maximum absolute atomic E-state index is 10.2. The lowest BCUT2D eigenvalue weighted by atomic mass is 9.44.